The van der Waals surface area contributed by atoms with E-state index in [0.717, 1.165) is 37.0 Å². The number of aliphatic hydroxyl groups is 1. The molecule has 1 aliphatic heterocycles. The lowest BCUT2D eigenvalue weighted by Gasteiger charge is -2.39. The number of hydrogen-bond acceptors (Lipinski definition) is 5. The van der Waals surface area contributed by atoms with Gasteiger partial charge in [0, 0.05) is 20.1 Å². The molecule has 1 amide bonds. The normalized spacial score (nSPS) is 19.2. The molecule has 1 aliphatic carbocycles. The predicted octanol–water partition coefficient (Wildman–Crippen LogP) is 3.83. The van der Waals surface area contributed by atoms with Crippen molar-refractivity contribution in [2.24, 2.45) is 7.05 Å². The maximum Gasteiger partial charge on any atom is 0.281 e. The predicted molar refractivity (Wildman–Crippen MR) is 140 cm³/mol. The number of likely N-dealkylation sites (tertiary alicyclic amines) is 1. The highest BCUT2D eigenvalue weighted by Gasteiger charge is 2.42. The second-order valence-electron chi connectivity index (χ2n) is 10.5. The molecule has 3 heterocycles. The molecular weight excluding hydrogens is 511 g/mol. The molecule has 1 N–H and O–H groups in total. The molecule has 8 nitrogen and oxygen atoms in total. The second kappa shape index (κ2) is 11.0. The Kier molecular flexibility index (Phi) is 7.61. The number of benzene rings is 1. The summed E-state index contributed by atoms with van der Waals surface area (Å²) < 4.78 is 45.5. The van der Waals surface area contributed by atoms with E-state index in [4.69, 9.17) is 0 Å². The summed E-state index contributed by atoms with van der Waals surface area (Å²) in [6.07, 6.45) is 2.29. The monoisotopic (exact) mass is 543 g/mol. The first-order chi connectivity index (χ1) is 18.7. The molecule has 0 spiro atoms. The minimum atomic E-state index is -3.05. The number of fused-ring (bicyclic) bond motifs is 1. The molecule has 2 aliphatic rings. The Bertz CT molecular complexity index is 1430. The Labute approximate surface area is 223 Å². The van der Waals surface area contributed by atoms with Gasteiger partial charge in [-0.05, 0) is 49.7 Å². The van der Waals surface area contributed by atoms with Gasteiger partial charge < -0.3 is 10.0 Å². The zero-order valence-electron chi connectivity index (χ0n) is 21.8. The number of hydrogen-bond donors (Lipinski definition) is 1. The van der Waals surface area contributed by atoms with Crippen LogP contribution >= 0.6 is 0 Å². The summed E-state index contributed by atoms with van der Waals surface area (Å²) in [5.74, 6) is -2.90. The number of allylic oxidation sites excluding steroid dienone is 2. The Balaban J connectivity index is 1.29. The Morgan fingerprint density at radius 3 is 2.46 bits per heavy atom. The maximum absolute atomic E-state index is 15.1. The van der Waals surface area contributed by atoms with Crippen LogP contribution in [-0.4, -0.2) is 66.5 Å². The largest absolute Gasteiger partial charge is 0.388 e. The van der Waals surface area contributed by atoms with E-state index in [-0.39, 0.29) is 49.1 Å². The number of piperidine rings is 1. The molecule has 11 heteroatoms. The van der Waals surface area contributed by atoms with E-state index in [9.17, 15) is 23.5 Å². The summed E-state index contributed by atoms with van der Waals surface area (Å²) in [6.45, 7) is -0.117. The van der Waals surface area contributed by atoms with Crippen molar-refractivity contribution in [1.82, 2.24) is 24.2 Å². The van der Waals surface area contributed by atoms with Crippen LogP contribution in [0.3, 0.4) is 0 Å². The second-order valence-corrected chi connectivity index (χ2v) is 10.5. The van der Waals surface area contributed by atoms with Crippen molar-refractivity contribution in [3.8, 4) is 0 Å². The van der Waals surface area contributed by atoms with Crippen LogP contribution in [0.1, 0.15) is 55.7 Å². The summed E-state index contributed by atoms with van der Waals surface area (Å²) in [4.78, 5) is 31.7. The number of amides is 1. The van der Waals surface area contributed by atoms with Gasteiger partial charge in [-0.15, -0.1) is 0 Å². The lowest BCUT2D eigenvalue weighted by Crippen LogP contribution is -2.52. The van der Waals surface area contributed by atoms with Crippen molar-refractivity contribution >= 4 is 22.5 Å². The number of halogens is 3. The van der Waals surface area contributed by atoms with Gasteiger partial charge in [-0.3, -0.25) is 18.8 Å². The van der Waals surface area contributed by atoms with Gasteiger partial charge in [-0.25, -0.2) is 18.2 Å². The Hall–Kier alpha value is -3.47. The fourth-order valence-corrected chi connectivity index (χ4v) is 5.68. The number of carbonyl (C=O) groups is 1. The lowest BCUT2D eigenvalue weighted by atomic mass is 9.89. The molecule has 2 unspecified atom stereocenters. The number of alkyl halides is 3. The summed E-state index contributed by atoms with van der Waals surface area (Å²) in [6, 6.07) is 7.44. The van der Waals surface area contributed by atoms with Crippen molar-refractivity contribution in [1.29, 1.82) is 0 Å². The minimum Gasteiger partial charge on any atom is -0.388 e. The average Bonchev–Trinajstić information content (AvgIpc) is 3.28. The first-order valence-corrected chi connectivity index (χ1v) is 13.3. The van der Waals surface area contributed by atoms with Crippen LogP contribution in [0.15, 0.2) is 47.5 Å². The highest BCUT2D eigenvalue weighted by Crippen LogP contribution is 2.33. The van der Waals surface area contributed by atoms with E-state index in [0.29, 0.717) is 5.52 Å². The van der Waals surface area contributed by atoms with Gasteiger partial charge in [0.1, 0.15) is 5.52 Å². The van der Waals surface area contributed by atoms with Crippen LogP contribution in [0.25, 0.3) is 16.6 Å². The van der Waals surface area contributed by atoms with E-state index < -0.39 is 30.0 Å². The van der Waals surface area contributed by atoms with Crippen LogP contribution in [0.5, 0.6) is 0 Å². The standard InChI is InChI=1S/C28H32F3N5O3/c1-34-24(19-10-6-3-7-11-19)22-23(33-34)27(38)36(17-32-22)16-28(39)12-14-35(15-13-28)26(37)21(29)20(25(30)31)18-8-4-2-5-9-18/h2,4-5,8-10,17,20-21,25,39H,3,6-7,11-16H2,1H3. The van der Waals surface area contributed by atoms with Gasteiger partial charge in [0.25, 0.3) is 11.5 Å². The van der Waals surface area contributed by atoms with Gasteiger partial charge in [-0.1, -0.05) is 36.4 Å². The Morgan fingerprint density at radius 1 is 1.10 bits per heavy atom. The van der Waals surface area contributed by atoms with E-state index in [1.165, 1.54) is 40.1 Å². The molecule has 2 atom stereocenters. The van der Waals surface area contributed by atoms with Crippen LogP contribution in [0.2, 0.25) is 0 Å². The molecule has 39 heavy (non-hydrogen) atoms. The molecular formula is C28H32F3N5O3. The zero-order valence-corrected chi connectivity index (χ0v) is 21.8. The van der Waals surface area contributed by atoms with Gasteiger partial charge in [0.15, 0.2) is 11.7 Å². The highest BCUT2D eigenvalue weighted by molar-refractivity contribution is 5.87. The van der Waals surface area contributed by atoms with Crippen LogP contribution < -0.4 is 5.56 Å². The molecule has 1 fully saturated rings. The number of rotatable bonds is 7. The molecule has 1 aromatic carbocycles. The fraction of sp³-hybridized carbons (Fsp3) is 0.500. The van der Waals surface area contributed by atoms with E-state index in [1.54, 1.807) is 17.8 Å². The van der Waals surface area contributed by atoms with Gasteiger partial charge in [0.2, 0.25) is 6.43 Å². The third-order valence-corrected chi connectivity index (χ3v) is 7.88. The summed E-state index contributed by atoms with van der Waals surface area (Å²) in [7, 11) is 1.78. The summed E-state index contributed by atoms with van der Waals surface area (Å²) in [5.41, 5.74) is 1.03. The fourth-order valence-electron chi connectivity index (χ4n) is 5.68. The van der Waals surface area contributed by atoms with Crippen LogP contribution in [0, 0.1) is 0 Å². The zero-order chi connectivity index (χ0) is 27.7. The smallest absolute Gasteiger partial charge is 0.281 e. The molecule has 0 bridgehead atoms. The van der Waals surface area contributed by atoms with Crippen molar-refractivity contribution in [2.45, 2.75) is 69.2 Å². The molecule has 1 saturated heterocycles. The quantitative estimate of drug-likeness (QED) is 0.489. The third-order valence-electron chi connectivity index (χ3n) is 7.88. The number of carbonyl (C=O) groups excluding carboxylic acids is 1. The van der Waals surface area contributed by atoms with E-state index >= 15 is 4.39 Å². The topological polar surface area (TPSA) is 93.2 Å². The molecule has 2 aromatic heterocycles. The summed E-state index contributed by atoms with van der Waals surface area (Å²) >= 11 is 0. The van der Waals surface area contributed by atoms with E-state index in [2.05, 4.69) is 16.2 Å². The molecule has 208 valence electrons. The van der Waals surface area contributed by atoms with Crippen molar-refractivity contribution in [2.75, 3.05) is 13.1 Å². The SMILES string of the molecule is Cn1nc2c(=O)n(CC3(O)CCN(C(=O)C(F)C(c4ccccc4)C(F)F)CC3)cnc2c1C1=CCCCC1. The maximum atomic E-state index is 15.1. The van der Waals surface area contributed by atoms with Crippen molar-refractivity contribution in [3.05, 3.63) is 64.3 Å². The molecule has 0 saturated carbocycles. The van der Waals surface area contributed by atoms with Gasteiger partial charge in [-0.2, -0.15) is 5.10 Å². The van der Waals surface area contributed by atoms with Gasteiger partial charge >= 0.3 is 0 Å². The van der Waals surface area contributed by atoms with Crippen molar-refractivity contribution in [3.63, 3.8) is 0 Å². The number of nitrogens with zero attached hydrogens (tertiary/aromatic N) is 5. The van der Waals surface area contributed by atoms with Crippen molar-refractivity contribution < 1.29 is 23.1 Å². The molecule has 3 aromatic rings. The van der Waals surface area contributed by atoms with E-state index in [1.807, 2.05) is 0 Å². The third kappa shape index (κ3) is 5.36. The molecule has 0 radical (unpaired) electrons. The molecule has 5 rings (SSSR count). The minimum absolute atomic E-state index is 0.0210. The number of aryl methyl sites for hydroxylation is 1. The van der Waals surface area contributed by atoms with Crippen LogP contribution in [-0.2, 0) is 18.4 Å². The first-order valence-electron chi connectivity index (χ1n) is 13.3. The number of aromatic nitrogens is 4. The Morgan fingerprint density at radius 2 is 1.82 bits per heavy atom. The average molecular weight is 544 g/mol. The lowest BCUT2D eigenvalue weighted by molar-refractivity contribution is -0.143. The van der Waals surface area contributed by atoms with Crippen LogP contribution in [0.4, 0.5) is 13.2 Å². The highest BCUT2D eigenvalue weighted by atomic mass is 19.3. The summed E-state index contributed by atoms with van der Waals surface area (Å²) in [5, 5.41) is 15.6. The first kappa shape index (κ1) is 27.1. The van der Waals surface area contributed by atoms with Gasteiger partial charge in [0.05, 0.1) is 30.1 Å².